The highest BCUT2D eigenvalue weighted by Gasteiger charge is 2.05. The van der Waals surface area contributed by atoms with Crippen LogP contribution in [0.2, 0.25) is 0 Å². The van der Waals surface area contributed by atoms with E-state index < -0.39 is 18.5 Å². The number of aliphatic carboxylic acids is 1. The van der Waals surface area contributed by atoms with Crippen molar-refractivity contribution in [2.75, 3.05) is 18.5 Å². The Morgan fingerprint density at radius 3 is 2.88 bits per heavy atom. The smallest absolute Gasteiger partial charge is 0.329 e. The molecule has 0 unspecified atom stereocenters. The minimum atomic E-state index is -1.10. The number of aromatic nitrogens is 1. The zero-order valence-electron chi connectivity index (χ0n) is 8.77. The molecule has 6 nitrogen and oxygen atoms in total. The van der Waals surface area contributed by atoms with E-state index in [2.05, 4.69) is 15.0 Å². The van der Waals surface area contributed by atoms with Gasteiger partial charge in [-0.05, 0) is 18.6 Å². The van der Waals surface area contributed by atoms with E-state index in [-0.39, 0.29) is 6.61 Å². The van der Waals surface area contributed by atoms with Crippen LogP contribution in [0.25, 0.3) is 0 Å². The van der Waals surface area contributed by atoms with Crippen LogP contribution < -0.4 is 5.32 Å². The maximum Gasteiger partial charge on any atom is 0.329 e. The first-order valence-corrected chi connectivity index (χ1v) is 4.59. The Bertz CT molecular complexity index is 392. The van der Waals surface area contributed by atoms with Crippen LogP contribution in [0.3, 0.4) is 0 Å². The Balaban J connectivity index is 2.40. The quantitative estimate of drug-likeness (QED) is 0.757. The van der Waals surface area contributed by atoms with Crippen molar-refractivity contribution in [3.05, 3.63) is 24.0 Å². The van der Waals surface area contributed by atoms with Gasteiger partial charge >= 0.3 is 5.97 Å². The number of nitrogens with one attached hydrogen (secondary N) is 1. The van der Waals surface area contributed by atoms with Gasteiger partial charge in [-0.1, -0.05) is 0 Å². The molecule has 0 saturated carbocycles. The summed E-state index contributed by atoms with van der Waals surface area (Å²) in [7, 11) is 0. The third kappa shape index (κ3) is 4.05. The van der Waals surface area contributed by atoms with Gasteiger partial charge in [0.1, 0.15) is 13.2 Å². The summed E-state index contributed by atoms with van der Waals surface area (Å²) < 4.78 is 4.64. The monoisotopic (exact) mass is 224 g/mol. The molecule has 1 aromatic rings. The number of rotatable bonds is 5. The lowest BCUT2D eigenvalue weighted by Crippen LogP contribution is -2.21. The van der Waals surface area contributed by atoms with E-state index in [1.54, 1.807) is 25.4 Å². The largest absolute Gasteiger partial charge is 0.480 e. The Kier molecular flexibility index (Phi) is 4.41. The van der Waals surface area contributed by atoms with Gasteiger partial charge < -0.3 is 15.2 Å². The number of carbonyl (C=O) groups is 2. The van der Waals surface area contributed by atoms with Gasteiger partial charge in [0.2, 0.25) is 5.91 Å². The average Bonchev–Trinajstić information content (AvgIpc) is 2.21. The van der Waals surface area contributed by atoms with Crippen molar-refractivity contribution in [1.29, 1.82) is 0 Å². The molecular formula is C10H12N2O4. The number of hydrogen-bond donors (Lipinski definition) is 2. The van der Waals surface area contributed by atoms with E-state index >= 15 is 0 Å². The summed E-state index contributed by atoms with van der Waals surface area (Å²) in [5.74, 6) is -1.50. The standard InChI is InChI=1S/C10H12N2O4/c1-7-4-11-3-2-8(7)12-9(13)5-16-6-10(14)15/h2-4H,5-6H2,1H3,(H,14,15)(H,11,12,13). The molecule has 0 spiro atoms. The second-order valence-electron chi connectivity index (χ2n) is 3.13. The van der Waals surface area contributed by atoms with Gasteiger partial charge in [0.05, 0.1) is 0 Å². The van der Waals surface area contributed by atoms with Crippen LogP contribution >= 0.6 is 0 Å². The number of pyridine rings is 1. The Hall–Kier alpha value is -1.95. The zero-order valence-corrected chi connectivity index (χ0v) is 8.77. The van der Waals surface area contributed by atoms with Gasteiger partial charge in [-0.2, -0.15) is 0 Å². The first kappa shape index (κ1) is 12.1. The molecule has 2 N–H and O–H groups in total. The summed E-state index contributed by atoms with van der Waals surface area (Å²) >= 11 is 0. The fraction of sp³-hybridized carbons (Fsp3) is 0.300. The van der Waals surface area contributed by atoms with E-state index in [4.69, 9.17) is 5.11 Å². The van der Waals surface area contributed by atoms with E-state index in [0.29, 0.717) is 5.69 Å². The topological polar surface area (TPSA) is 88.5 Å². The highest BCUT2D eigenvalue weighted by Crippen LogP contribution is 2.10. The second-order valence-corrected chi connectivity index (χ2v) is 3.13. The predicted molar refractivity (Wildman–Crippen MR) is 56.1 cm³/mol. The molecule has 0 aliphatic heterocycles. The maximum absolute atomic E-state index is 11.3. The summed E-state index contributed by atoms with van der Waals surface area (Å²) in [5.41, 5.74) is 1.47. The molecule has 1 amide bonds. The third-order valence-electron chi connectivity index (χ3n) is 1.75. The number of carboxylic acid groups (broad SMARTS) is 1. The van der Waals surface area contributed by atoms with Crippen molar-refractivity contribution in [2.45, 2.75) is 6.92 Å². The van der Waals surface area contributed by atoms with Crippen molar-refractivity contribution in [3.8, 4) is 0 Å². The molecule has 0 bridgehead atoms. The summed E-state index contributed by atoms with van der Waals surface area (Å²) in [6.45, 7) is 1.04. The maximum atomic E-state index is 11.3. The Labute approximate surface area is 92.3 Å². The number of ether oxygens (including phenoxy) is 1. The van der Waals surface area contributed by atoms with Crippen LogP contribution in [0.4, 0.5) is 5.69 Å². The van der Waals surface area contributed by atoms with Crippen LogP contribution in [0.5, 0.6) is 0 Å². The van der Waals surface area contributed by atoms with Crippen LogP contribution in [0.15, 0.2) is 18.5 Å². The van der Waals surface area contributed by atoms with Crippen LogP contribution in [-0.4, -0.2) is 35.2 Å². The van der Waals surface area contributed by atoms with Crippen LogP contribution in [0, 0.1) is 6.92 Å². The van der Waals surface area contributed by atoms with Gasteiger partial charge in [0, 0.05) is 18.1 Å². The van der Waals surface area contributed by atoms with Gasteiger partial charge in [-0.3, -0.25) is 9.78 Å². The zero-order chi connectivity index (χ0) is 12.0. The normalized spacial score (nSPS) is 9.81. The minimum absolute atomic E-state index is 0.284. The lowest BCUT2D eigenvalue weighted by Gasteiger charge is -2.07. The summed E-state index contributed by atoms with van der Waals surface area (Å²) in [6, 6.07) is 1.66. The molecule has 0 radical (unpaired) electrons. The summed E-state index contributed by atoms with van der Waals surface area (Å²) in [4.78, 5) is 25.3. The number of carbonyl (C=O) groups excluding carboxylic acids is 1. The van der Waals surface area contributed by atoms with E-state index in [0.717, 1.165) is 5.56 Å². The molecule has 0 aliphatic rings. The van der Waals surface area contributed by atoms with E-state index in [1.807, 2.05) is 0 Å². The highest BCUT2D eigenvalue weighted by atomic mass is 16.5. The van der Waals surface area contributed by atoms with E-state index in [9.17, 15) is 9.59 Å². The SMILES string of the molecule is Cc1cnccc1NC(=O)COCC(=O)O. The number of amides is 1. The lowest BCUT2D eigenvalue weighted by atomic mass is 10.2. The van der Waals surface area contributed by atoms with Crippen molar-refractivity contribution < 1.29 is 19.4 Å². The van der Waals surface area contributed by atoms with E-state index in [1.165, 1.54) is 0 Å². The molecule has 1 rings (SSSR count). The third-order valence-corrected chi connectivity index (χ3v) is 1.75. The van der Waals surface area contributed by atoms with Gasteiger partial charge in [0.25, 0.3) is 0 Å². The van der Waals surface area contributed by atoms with Gasteiger partial charge in [0.15, 0.2) is 0 Å². The number of nitrogens with zero attached hydrogens (tertiary/aromatic N) is 1. The van der Waals surface area contributed by atoms with Crippen molar-refractivity contribution in [1.82, 2.24) is 4.98 Å². The van der Waals surface area contributed by atoms with Crippen LogP contribution in [-0.2, 0) is 14.3 Å². The van der Waals surface area contributed by atoms with Crippen molar-refractivity contribution in [2.24, 2.45) is 0 Å². The second kappa shape index (κ2) is 5.82. The average molecular weight is 224 g/mol. The molecule has 0 fully saturated rings. The number of aryl methyl sites for hydroxylation is 1. The molecule has 0 aromatic carbocycles. The fourth-order valence-electron chi connectivity index (χ4n) is 1.03. The molecule has 1 heterocycles. The fourth-order valence-corrected chi connectivity index (χ4v) is 1.03. The van der Waals surface area contributed by atoms with Gasteiger partial charge in [-0.15, -0.1) is 0 Å². The molecule has 1 aromatic heterocycles. The first-order valence-electron chi connectivity index (χ1n) is 4.59. The summed E-state index contributed by atoms with van der Waals surface area (Å²) in [5, 5.41) is 10.9. The molecule has 0 saturated heterocycles. The molecule has 6 heteroatoms. The van der Waals surface area contributed by atoms with Crippen molar-refractivity contribution in [3.63, 3.8) is 0 Å². The Morgan fingerprint density at radius 2 is 2.25 bits per heavy atom. The number of hydrogen-bond acceptors (Lipinski definition) is 4. The first-order chi connectivity index (χ1) is 7.59. The molecule has 16 heavy (non-hydrogen) atoms. The predicted octanol–water partition coefficient (Wildman–Crippen LogP) is 0.430. The lowest BCUT2D eigenvalue weighted by molar-refractivity contribution is -0.143. The molecule has 0 atom stereocenters. The molecule has 0 aliphatic carbocycles. The summed E-state index contributed by atoms with van der Waals surface area (Å²) in [6.07, 6.45) is 3.18. The molecule has 86 valence electrons. The van der Waals surface area contributed by atoms with Crippen molar-refractivity contribution >= 4 is 17.6 Å². The number of anilines is 1. The van der Waals surface area contributed by atoms with Crippen LogP contribution in [0.1, 0.15) is 5.56 Å². The number of carboxylic acids is 1. The Morgan fingerprint density at radius 1 is 1.50 bits per heavy atom. The molecular weight excluding hydrogens is 212 g/mol. The van der Waals surface area contributed by atoms with Gasteiger partial charge in [-0.25, -0.2) is 4.79 Å². The minimum Gasteiger partial charge on any atom is -0.480 e. The highest BCUT2D eigenvalue weighted by molar-refractivity contribution is 5.92.